The zero-order chi connectivity index (χ0) is 30.6. The van der Waals surface area contributed by atoms with Crippen LogP contribution in [0.15, 0.2) is 24.4 Å². The Labute approximate surface area is 239 Å². The number of hydrogen-bond donors (Lipinski definition) is 2. The molecule has 1 aromatic carbocycles. The first kappa shape index (κ1) is 33.1. The second-order valence-electron chi connectivity index (χ2n) is 9.90. The number of aldehydes is 1. The summed E-state index contributed by atoms with van der Waals surface area (Å²) in [6.45, 7) is 10.6. The lowest BCUT2D eigenvalue weighted by molar-refractivity contribution is -0.156. The summed E-state index contributed by atoms with van der Waals surface area (Å²) in [4.78, 5) is 62.0. The molecule has 1 aromatic heterocycles. The molecule has 3 rings (SSSR count). The maximum Gasteiger partial charge on any atom is 0.308 e. The van der Waals surface area contributed by atoms with Gasteiger partial charge in [-0.3, -0.25) is 24.1 Å². The van der Waals surface area contributed by atoms with Crippen molar-refractivity contribution in [3.63, 3.8) is 0 Å². The quantitative estimate of drug-likeness (QED) is 0.149. The highest BCUT2D eigenvalue weighted by molar-refractivity contribution is 6.24. The van der Waals surface area contributed by atoms with Crippen molar-refractivity contribution in [3.8, 4) is 0 Å². The van der Waals surface area contributed by atoms with Gasteiger partial charge in [-0.1, -0.05) is 25.1 Å². The van der Waals surface area contributed by atoms with Gasteiger partial charge in [0.25, 0.3) is 11.8 Å². The lowest BCUT2D eigenvalue weighted by Crippen LogP contribution is -2.41. The molecule has 2 heterocycles. The van der Waals surface area contributed by atoms with E-state index in [1.54, 1.807) is 43.8 Å². The molecule has 13 heteroatoms. The van der Waals surface area contributed by atoms with Crippen molar-refractivity contribution in [2.75, 3.05) is 25.6 Å². The first-order valence-electron chi connectivity index (χ1n) is 13.6. The van der Waals surface area contributed by atoms with Crippen LogP contribution in [0.2, 0.25) is 0 Å². The third kappa shape index (κ3) is 9.48. The Morgan fingerprint density at radius 2 is 1.83 bits per heavy atom. The first-order valence-corrected chi connectivity index (χ1v) is 13.6. The van der Waals surface area contributed by atoms with Gasteiger partial charge in [0.05, 0.1) is 56.1 Å². The lowest BCUT2D eigenvalue weighted by Gasteiger charge is -2.21. The number of imide groups is 1. The van der Waals surface area contributed by atoms with E-state index in [1.807, 2.05) is 13.8 Å². The number of ether oxygens (including phenoxy) is 2. The molecule has 0 saturated heterocycles. The highest BCUT2D eigenvalue weighted by Crippen LogP contribution is 2.31. The van der Waals surface area contributed by atoms with Gasteiger partial charge in [-0.2, -0.15) is 0 Å². The minimum Gasteiger partial charge on any atom is -0.460 e. The summed E-state index contributed by atoms with van der Waals surface area (Å²) in [5.41, 5.74) is 0.829. The summed E-state index contributed by atoms with van der Waals surface area (Å²) in [6, 6.07) is 3.79. The number of esters is 1. The molecule has 2 aromatic rings. The minimum absolute atomic E-state index is 0.00284. The number of benzene rings is 1. The van der Waals surface area contributed by atoms with Crippen molar-refractivity contribution in [2.24, 2.45) is 0 Å². The van der Waals surface area contributed by atoms with E-state index in [1.165, 1.54) is 13.1 Å². The van der Waals surface area contributed by atoms with Gasteiger partial charge in [-0.05, 0) is 39.3 Å². The van der Waals surface area contributed by atoms with Gasteiger partial charge in [0.1, 0.15) is 17.6 Å². The highest BCUT2D eigenvalue weighted by Gasteiger charge is 2.41. The fourth-order valence-corrected chi connectivity index (χ4v) is 3.94. The van der Waals surface area contributed by atoms with E-state index in [0.717, 1.165) is 4.90 Å². The van der Waals surface area contributed by atoms with Crippen LogP contribution in [0.5, 0.6) is 0 Å². The fraction of sp³-hybridized carbons (Fsp3) is 0.536. The third-order valence-electron chi connectivity index (χ3n) is 5.76. The smallest absolute Gasteiger partial charge is 0.308 e. The van der Waals surface area contributed by atoms with Crippen LogP contribution in [0.3, 0.4) is 0 Å². The number of hydrogen-bond acceptors (Lipinski definition) is 10. The van der Waals surface area contributed by atoms with Gasteiger partial charge in [-0.15, -0.1) is 5.10 Å². The van der Waals surface area contributed by atoms with Gasteiger partial charge in [-0.25, -0.2) is 4.68 Å². The van der Waals surface area contributed by atoms with Crippen LogP contribution in [0, 0.1) is 0 Å². The molecule has 41 heavy (non-hydrogen) atoms. The molecule has 0 bridgehead atoms. The predicted octanol–water partition coefficient (Wildman–Crippen LogP) is 2.35. The van der Waals surface area contributed by atoms with E-state index in [0.29, 0.717) is 30.8 Å². The molecule has 0 spiro atoms. The average molecular weight is 573 g/mol. The molecule has 224 valence electrons. The maximum atomic E-state index is 13.2. The van der Waals surface area contributed by atoms with Crippen LogP contribution < -0.4 is 10.6 Å². The van der Waals surface area contributed by atoms with Crippen molar-refractivity contribution in [1.82, 2.24) is 25.2 Å². The molecule has 3 amide bonds. The molecule has 1 atom stereocenters. The van der Waals surface area contributed by atoms with Crippen LogP contribution in [0.1, 0.15) is 80.3 Å². The molecular weight excluding hydrogens is 532 g/mol. The highest BCUT2D eigenvalue weighted by atomic mass is 16.6. The van der Waals surface area contributed by atoms with Gasteiger partial charge in [0.15, 0.2) is 0 Å². The number of amides is 3. The SMILES string of the molecule is CC.CNC(=O)CCC(C=O)N1C(=O)c2cccc(NCc3cn(CCOCCC(=O)OC(C)(C)C)nn3)c2C1=O. The van der Waals surface area contributed by atoms with Gasteiger partial charge in [0.2, 0.25) is 5.91 Å². The Bertz CT molecular complexity index is 1220. The molecule has 0 fully saturated rings. The van der Waals surface area contributed by atoms with Crippen LogP contribution in [-0.2, 0) is 36.9 Å². The van der Waals surface area contributed by atoms with E-state index in [-0.39, 0.29) is 55.4 Å². The van der Waals surface area contributed by atoms with Crippen molar-refractivity contribution in [1.29, 1.82) is 0 Å². The topological polar surface area (TPSA) is 162 Å². The Balaban J connectivity index is 0.00000287. The summed E-state index contributed by atoms with van der Waals surface area (Å²) < 4.78 is 12.3. The maximum absolute atomic E-state index is 13.2. The van der Waals surface area contributed by atoms with Crippen molar-refractivity contribution in [2.45, 2.75) is 78.6 Å². The molecule has 0 radical (unpaired) electrons. The van der Waals surface area contributed by atoms with Crippen molar-refractivity contribution in [3.05, 3.63) is 41.2 Å². The Hall–Kier alpha value is -4.13. The Morgan fingerprint density at radius 3 is 2.49 bits per heavy atom. The molecular formula is C28H40N6O7. The standard InChI is InChI=1S/C26H34N6O7.C2H6/c1-26(2,3)39-22(35)10-12-38-13-11-31-15-17(29-30-31)14-28-20-7-5-6-19-23(20)25(37)32(24(19)36)18(16-33)8-9-21(34)27-4;1-2/h5-7,15-16,18,28H,8-14H2,1-4H3,(H,27,34);1-2H3. The number of rotatable bonds is 14. The zero-order valence-electron chi connectivity index (χ0n) is 24.6. The number of fused-ring (bicyclic) bond motifs is 1. The number of nitrogens with one attached hydrogen (secondary N) is 2. The number of anilines is 1. The van der Waals surface area contributed by atoms with Crippen LogP contribution in [0.25, 0.3) is 0 Å². The number of carbonyl (C=O) groups excluding carboxylic acids is 5. The van der Waals surface area contributed by atoms with E-state index >= 15 is 0 Å². The first-order chi connectivity index (χ1) is 19.5. The van der Waals surface area contributed by atoms with Gasteiger partial charge >= 0.3 is 5.97 Å². The van der Waals surface area contributed by atoms with Crippen molar-refractivity contribution >= 4 is 35.7 Å². The van der Waals surface area contributed by atoms with Crippen LogP contribution in [0.4, 0.5) is 5.69 Å². The summed E-state index contributed by atoms with van der Waals surface area (Å²) in [7, 11) is 1.47. The van der Waals surface area contributed by atoms with Crippen LogP contribution >= 0.6 is 0 Å². The van der Waals surface area contributed by atoms with Gasteiger partial charge in [0, 0.05) is 19.2 Å². The lowest BCUT2D eigenvalue weighted by atomic mass is 10.1. The molecule has 2 N–H and O–H groups in total. The van der Waals surface area contributed by atoms with E-state index in [2.05, 4.69) is 20.9 Å². The molecule has 1 aliphatic rings. The molecule has 0 saturated carbocycles. The van der Waals surface area contributed by atoms with Gasteiger partial charge < -0.3 is 24.9 Å². The van der Waals surface area contributed by atoms with E-state index in [9.17, 15) is 24.0 Å². The summed E-state index contributed by atoms with van der Waals surface area (Å²) in [5, 5.41) is 13.7. The predicted molar refractivity (Wildman–Crippen MR) is 150 cm³/mol. The van der Waals surface area contributed by atoms with Crippen molar-refractivity contribution < 1.29 is 33.4 Å². The number of aromatic nitrogens is 3. The third-order valence-corrected chi connectivity index (χ3v) is 5.76. The fourth-order valence-electron chi connectivity index (χ4n) is 3.94. The Morgan fingerprint density at radius 1 is 1.10 bits per heavy atom. The summed E-state index contributed by atoms with van der Waals surface area (Å²) in [5.74, 6) is -1.79. The molecule has 1 aliphatic heterocycles. The zero-order valence-corrected chi connectivity index (χ0v) is 24.6. The van der Waals surface area contributed by atoms with E-state index < -0.39 is 23.5 Å². The Kier molecular flexibility index (Phi) is 12.6. The number of carbonyl (C=O) groups is 5. The number of nitrogens with zero attached hydrogens (tertiary/aromatic N) is 4. The van der Waals surface area contributed by atoms with E-state index in [4.69, 9.17) is 9.47 Å². The second kappa shape index (κ2) is 15.6. The summed E-state index contributed by atoms with van der Waals surface area (Å²) >= 11 is 0. The molecule has 13 nitrogen and oxygen atoms in total. The largest absolute Gasteiger partial charge is 0.460 e. The monoisotopic (exact) mass is 572 g/mol. The van der Waals surface area contributed by atoms with Crippen LogP contribution in [-0.4, -0.2) is 81.8 Å². The second-order valence-corrected chi connectivity index (χ2v) is 9.90. The summed E-state index contributed by atoms with van der Waals surface area (Å²) in [6.07, 6.45) is 2.42. The molecule has 1 unspecified atom stereocenters. The average Bonchev–Trinajstić information content (AvgIpc) is 3.50. The molecule has 0 aliphatic carbocycles. The minimum atomic E-state index is -1.05. The normalized spacial score (nSPS) is 13.2.